The molecule has 1 fully saturated rings. The first-order chi connectivity index (χ1) is 10.2. The molecule has 1 saturated carbocycles. The summed E-state index contributed by atoms with van der Waals surface area (Å²) in [6.07, 6.45) is 8.03. The van der Waals surface area contributed by atoms with E-state index in [0.29, 0.717) is 11.0 Å². The van der Waals surface area contributed by atoms with Crippen LogP contribution in [0.1, 0.15) is 38.5 Å². The Morgan fingerprint density at radius 1 is 1.00 bits per heavy atom. The van der Waals surface area contributed by atoms with E-state index in [1.165, 1.54) is 38.5 Å². The standard InChI is InChI=1S/C16H21N3O2/c20-15-16(21)19-14-10-12(6-7-13(14)18-15)17-9-8-11-4-2-1-3-5-11/h6-7,10-11,17H,1-5,8-9H2,(H,18,20)(H,19,21). The van der Waals surface area contributed by atoms with Crippen LogP contribution in [-0.2, 0) is 0 Å². The lowest BCUT2D eigenvalue weighted by Crippen LogP contribution is -2.28. The number of H-pyrrole nitrogens is 2. The van der Waals surface area contributed by atoms with Crippen molar-refractivity contribution < 1.29 is 0 Å². The van der Waals surface area contributed by atoms with E-state index < -0.39 is 11.1 Å². The van der Waals surface area contributed by atoms with Crippen molar-refractivity contribution in [3.8, 4) is 0 Å². The van der Waals surface area contributed by atoms with Crippen LogP contribution in [0.15, 0.2) is 27.8 Å². The number of aromatic amines is 2. The first-order valence-electron chi connectivity index (χ1n) is 7.72. The van der Waals surface area contributed by atoms with Crippen molar-refractivity contribution in [2.45, 2.75) is 38.5 Å². The van der Waals surface area contributed by atoms with E-state index in [0.717, 1.165) is 18.2 Å². The largest absolute Gasteiger partial charge is 0.385 e. The number of rotatable bonds is 4. The van der Waals surface area contributed by atoms with Crippen LogP contribution in [0, 0.1) is 5.92 Å². The topological polar surface area (TPSA) is 77.8 Å². The van der Waals surface area contributed by atoms with Crippen molar-refractivity contribution >= 4 is 16.7 Å². The van der Waals surface area contributed by atoms with Crippen LogP contribution in [0.2, 0.25) is 0 Å². The molecule has 1 aromatic carbocycles. The van der Waals surface area contributed by atoms with Gasteiger partial charge in [0.25, 0.3) is 0 Å². The molecule has 1 heterocycles. The highest BCUT2D eigenvalue weighted by atomic mass is 16.2. The number of hydrogen-bond acceptors (Lipinski definition) is 3. The summed E-state index contributed by atoms with van der Waals surface area (Å²) in [4.78, 5) is 27.8. The Morgan fingerprint density at radius 3 is 2.48 bits per heavy atom. The Labute approximate surface area is 122 Å². The van der Waals surface area contributed by atoms with Gasteiger partial charge in [-0.1, -0.05) is 32.1 Å². The van der Waals surface area contributed by atoms with Gasteiger partial charge < -0.3 is 15.3 Å². The average Bonchev–Trinajstić information content (AvgIpc) is 2.50. The number of fused-ring (bicyclic) bond motifs is 1. The first-order valence-corrected chi connectivity index (χ1v) is 7.72. The van der Waals surface area contributed by atoms with Gasteiger partial charge in [-0.05, 0) is 30.5 Å². The molecule has 1 aliphatic rings. The molecule has 1 aliphatic carbocycles. The highest BCUT2D eigenvalue weighted by molar-refractivity contribution is 5.78. The van der Waals surface area contributed by atoms with Crippen molar-refractivity contribution in [3.63, 3.8) is 0 Å². The van der Waals surface area contributed by atoms with Crippen LogP contribution in [0.5, 0.6) is 0 Å². The second kappa shape index (κ2) is 6.16. The van der Waals surface area contributed by atoms with Crippen LogP contribution in [0.25, 0.3) is 11.0 Å². The Hall–Kier alpha value is -2.04. The summed E-state index contributed by atoms with van der Waals surface area (Å²) in [5.41, 5.74) is 1.06. The quantitative estimate of drug-likeness (QED) is 0.756. The summed E-state index contributed by atoms with van der Waals surface area (Å²) in [6, 6.07) is 5.61. The molecule has 0 spiro atoms. The molecular formula is C16H21N3O2. The van der Waals surface area contributed by atoms with Gasteiger partial charge in [0, 0.05) is 12.2 Å². The van der Waals surface area contributed by atoms with Crippen LogP contribution in [-0.4, -0.2) is 16.5 Å². The van der Waals surface area contributed by atoms with E-state index in [4.69, 9.17) is 0 Å². The molecule has 1 aromatic heterocycles. The lowest BCUT2D eigenvalue weighted by atomic mass is 9.87. The number of anilines is 1. The number of benzene rings is 1. The Bertz CT molecular complexity index is 726. The third-order valence-corrected chi connectivity index (χ3v) is 4.33. The summed E-state index contributed by atoms with van der Waals surface area (Å²) < 4.78 is 0. The zero-order valence-electron chi connectivity index (χ0n) is 12.1. The smallest absolute Gasteiger partial charge is 0.314 e. The predicted molar refractivity (Wildman–Crippen MR) is 84.9 cm³/mol. The van der Waals surface area contributed by atoms with Crippen molar-refractivity contribution in [3.05, 3.63) is 38.9 Å². The van der Waals surface area contributed by atoms with Crippen molar-refractivity contribution in [1.82, 2.24) is 9.97 Å². The third kappa shape index (κ3) is 3.35. The fourth-order valence-electron chi connectivity index (χ4n) is 3.12. The molecule has 3 N–H and O–H groups in total. The van der Waals surface area contributed by atoms with E-state index in [2.05, 4.69) is 15.3 Å². The van der Waals surface area contributed by atoms with Gasteiger partial charge >= 0.3 is 11.1 Å². The van der Waals surface area contributed by atoms with Gasteiger partial charge in [0.2, 0.25) is 0 Å². The zero-order chi connectivity index (χ0) is 14.7. The first kappa shape index (κ1) is 13.9. The fraction of sp³-hybridized carbons (Fsp3) is 0.500. The van der Waals surface area contributed by atoms with Crippen LogP contribution in [0.3, 0.4) is 0 Å². The van der Waals surface area contributed by atoms with Crippen LogP contribution >= 0.6 is 0 Å². The molecule has 0 radical (unpaired) electrons. The molecule has 5 nitrogen and oxygen atoms in total. The lowest BCUT2D eigenvalue weighted by molar-refractivity contribution is 0.345. The summed E-state index contributed by atoms with van der Waals surface area (Å²) in [5, 5.41) is 3.40. The Kier molecular flexibility index (Phi) is 4.08. The summed E-state index contributed by atoms with van der Waals surface area (Å²) in [5.74, 6) is 0.850. The molecule has 0 aliphatic heterocycles. The zero-order valence-corrected chi connectivity index (χ0v) is 12.1. The van der Waals surface area contributed by atoms with Gasteiger partial charge in [-0.15, -0.1) is 0 Å². The number of nitrogens with one attached hydrogen (secondary N) is 3. The maximum atomic E-state index is 11.3. The van der Waals surface area contributed by atoms with Gasteiger partial charge in [0.1, 0.15) is 0 Å². The van der Waals surface area contributed by atoms with E-state index in [1.54, 1.807) is 0 Å². The average molecular weight is 287 g/mol. The molecule has 0 bridgehead atoms. The molecule has 0 unspecified atom stereocenters. The molecule has 5 heteroatoms. The van der Waals surface area contributed by atoms with Crippen LogP contribution in [0.4, 0.5) is 5.69 Å². The Balaban J connectivity index is 1.65. The maximum absolute atomic E-state index is 11.3. The van der Waals surface area contributed by atoms with Gasteiger partial charge in [-0.2, -0.15) is 0 Å². The third-order valence-electron chi connectivity index (χ3n) is 4.33. The second-order valence-corrected chi connectivity index (χ2v) is 5.89. The molecule has 0 saturated heterocycles. The van der Waals surface area contributed by atoms with Gasteiger partial charge in [-0.3, -0.25) is 9.59 Å². The van der Waals surface area contributed by atoms with Gasteiger partial charge in [-0.25, -0.2) is 0 Å². The Morgan fingerprint density at radius 2 is 1.71 bits per heavy atom. The van der Waals surface area contributed by atoms with E-state index in [9.17, 15) is 9.59 Å². The van der Waals surface area contributed by atoms with E-state index >= 15 is 0 Å². The molecule has 21 heavy (non-hydrogen) atoms. The molecule has 0 atom stereocenters. The van der Waals surface area contributed by atoms with Crippen molar-refractivity contribution in [2.75, 3.05) is 11.9 Å². The molecule has 112 valence electrons. The highest BCUT2D eigenvalue weighted by Gasteiger charge is 2.12. The highest BCUT2D eigenvalue weighted by Crippen LogP contribution is 2.26. The fourth-order valence-corrected chi connectivity index (χ4v) is 3.12. The van der Waals surface area contributed by atoms with Gasteiger partial charge in [0.05, 0.1) is 11.0 Å². The van der Waals surface area contributed by atoms with Gasteiger partial charge in [0.15, 0.2) is 0 Å². The number of aromatic nitrogens is 2. The SMILES string of the molecule is O=c1[nH]c2ccc(NCCC3CCCCC3)cc2[nH]c1=O. The molecule has 0 amide bonds. The maximum Gasteiger partial charge on any atom is 0.314 e. The summed E-state index contributed by atoms with van der Waals surface area (Å²) in [7, 11) is 0. The predicted octanol–water partition coefficient (Wildman–Crippen LogP) is 2.60. The normalized spacial score (nSPS) is 16.2. The molecular weight excluding hydrogens is 266 g/mol. The lowest BCUT2D eigenvalue weighted by Gasteiger charge is -2.21. The molecule has 3 rings (SSSR count). The monoisotopic (exact) mass is 287 g/mol. The van der Waals surface area contributed by atoms with Crippen molar-refractivity contribution in [2.24, 2.45) is 5.92 Å². The van der Waals surface area contributed by atoms with Crippen LogP contribution < -0.4 is 16.4 Å². The number of hydrogen-bond donors (Lipinski definition) is 3. The minimum absolute atomic E-state index is 0.609. The molecule has 2 aromatic rings. The minimum Gasteiger partial charge on any atom is -0.385 e. The van der Waals surface area contributed by atoms with E-state index in [1.807, 2.05) is 18.2 Å². The van der Waals surface area contributed by atoms with E-state index in [-0.39, 0.29) is 0 Å². The van der Waals surface area contributed by atoms with Crippen molar-refractivity contribution in [1.29, 1.82) is 0 Å². The minimum atomic E-state index is -0.611. The summed E-state index contributed by atoms with van der Waals surface area (Å²) in [6.45, 7) is 0.948. The second-order valence-electron chi connectivity index (χ2n) is 5.89. The summed E-state index contributed by atoms with van der Waals surface area (Å²) >= 11 is 0.